The van der Waals surface area contributed by atoms with Crippen molar-refractivity contribution in [3.63, 3.8) is 0 Å². The van der Waals surface area contributed by atoms with Crippen LogP contribution in [0.15, 0.2) is 48.5 Å². The highest BCUT2D eigenvalue weighted by Gasteiger charge is 2.29. The van der Waals surface area contributed by atoms with Gasteiger partial charge in [-0.15, -0.1) is 0 Å². The highest BCUT2D eigenvalue weighted by atomic mass is 16.5. The molecular weight excluding hydrogens is 444 g/mol. The summed E-state index contributed by atoms with van der Waals surface area (Å²) in [5.41, 5.74) is 4.75. The summed E-state index contributed by atoms with van der Waals surface area (Å²) in [7, 11) is 0. The van der Waals surface area contributed by atoms with Gasteiger partial charge in [0.1, 0.15) is 13.2 Å². The number of rotatable bonds is 12. The molecule has 1 atom stereocenters. The van der Waals surface area contributed by atoms with Crippen LogP contribution in [0.1, 0.15) is 56.1 Å². The Hall–Kier alpha value is -3.35. The molecule has 2 aliphatic carbocycles. The highest BCUT2D eigenvalue weighted by molar-refractivity contribution is 5.81. The van der Waals surface area contributed by atoms with Gasteiger partial charge >= 0.3 is 12.1 Å². The van der Waals surface area contributed by atoms with E-state index in [2.05, 4.69) is 29.6 Å². The Balaban J connectivity index is 1.17. The number of nitrogens with one attached hydrogen (secondary N) is 1. The molecule has 1 saturated carbocycles. The lowest BCUT2D eigenvalue weighted by molar-refractivity contribution is -0.144. The summed E-state index contributed by atoms with van der Waals surface area (Å²) in [5.74, 6) is -0.366. The van der Waals surface area contributed by atoms with Gasteiger partial charge in [-0.2, -0.15) is 0 Å². The van der Waals surface area contributed by atoms with Gasteiger partial charge in [-0.05, 0) is 59.8 Å². The predicted octanol–water partition coefficient (Wildman–Crippen LogP) is 4.65. The van der Waals surface area contributed by atoms with E-state index in [-0.39, 0.29) is 30.9 Å². The minimum Gasteiger partial charge on any atom is -0.480 e. The summed E-state index contributed by atoms with van der Waals surface area (Å²) in [6, 6.07) is 16.5. The van der Waals surface area contributed by atoms with Crippen LogP contribution in [-0.2, 0) is 14.3 Å². The number of carbonyl (C=O) groups is 3. The molecule has 2 aromatic carbocycles. The summed E-state index contributed by atoms with van der Waals surface area (Å²) >= 11 is 0. The second kappa shape index (κ2) is 11.4. The zero-order chi connectivity index (χ0) is 24.8. The quantitative estimate of drug-likeness (QED) is 0.463. The van der Waals surface area contributed by atoms with E-state index in [1.807, 2.05) is 31.2 Å². The number of carboxylic acid groups (broad SMARTS) is 1. The van der Waals surface area contributed by atoms with Gasteiger partial charge in [-0.3, -0.25) is 9.59 Å². The van der Waals surface area contributed by atoms with Crippen LogP contribution in [0.25, 0.3) is 11.1 Å². The fourth-order valence-corrected chi connectivity index (χ4v) is 4.77. The largest absolute Gasteiger partial charge is 0.480 e. The van der Waals surface area contributed by atoms with Crippen LogP contribution < -0.4 is 5.32 Å². The standard InChI is InChI=1S/C28H34N2O5/c1-19(10-13-26(31)30(17-27(32)33)16-20-11-12-20)14-15-29-28(34)35-18-25-23-8-4-2-6-21(23)22-7-3-5-9-24(22)25/h2-9,19-20,25H,10-18H2,1H3,(H,29,34)(H,32,33). The fourth-order valence-electron chi connectivity index (χ4n) is 4.77. The number of hydrogen-bond acceptors (Lipinski definition) is 4. The first kappa shape index (κ1) is 24.8. The topological polar surface area (TPSA) is 95.9 Å². The van der Waals surface area contributed by atoms with E-state index < -0.39 is 12.1 Å². The molecule has 0 heterocycles. The second-order valence-electron chi connectivity index (χ2n) is 9.80. The Labute approximate surface area is 206 Å². The molecule has 0 radical (unpaired) electrons. The van der Waals surface area contributed by atoms with Crippen LogP contribution >= 0.6 is 0 Å². The molecule has 0 saturated heterocycles. The van der Waals surface area contributed by atoms with Gasteiger partial charge < -0.3 is 20.1 Å². The molecule has 0 bridgehead atoms. The molecule has 1 unspecified atom stereocenters. The van der Waals surface area contributed by atoms with Crippen LogP contribution in [0.4, 0.5) is 4.79 Å². The third-order valence-corrected chi connectivity index (χ3v) is 6.96. The van der Waals surface area contributed by atoms with Crippen LogP contribution in [0.5, 0.6) is 0 Å². The molecule has 0 aromatic heterocycles. The molecule has 186 valence electrons. The van der Waals surface area contributed by atoms with Crippen LogP contribution in [0.2, 0.25) is 0 Å². The highest BCUT2D eigenvalue weighted by Crippen LogP contribution is 2.44. The molecule has 0 spiro atoms. The molecule has 2 aliphatic rings. The van der Waals surface area contributed by atoms with E-state index in [9.17, 15) is 14.4 Å². The zero-order valence-corrected chi connectivity index (χ0v) is 20.2. The van der Waals surface area contributed by atoms with Gasteiger partial charge in [0, 0.05) is 25.4 Å². The molecule has 7 nitrogen and oxygen atoms in total. The van der Waals surface area contributed by atoms with Crippen LogP contribution in [0, 0.1) is 11.8 Å². The van der Waals surface area contributed by atoms with Gasteiger partial charge in [0.05, 0.1) is 0 Å². The fraction of sp³-hybridized carbons (Fsp3) is 0.464. The maximum absolute atomic E-state index is 12.5. The Morgan fingerprint density at radius 2 is 1.66 bits per heavy atom. The van der Waals surface area contributed by atoms with Crippen molar-refractivity contribution in [2.75, 3.05) is 26.2 Å². The minimum absolute atomic E-state index is 0.0301. The van der Waals surface area contributed by atoms with Gasteiger partial charge in [-0.25, -0.2) is 4.79 Å². The van der Waals surface area contributed by atoms with Crippen molar-refractivity contribution in [3.05, 3.63) is 59.7 Å². The molecule has 35 heavy (non-hydrogen) atoms. The number of hydrogen-bond donors (Lipinski definition) is 2. The van der Waals surface area contributed by atoms with Gasteiger partial charge in [-0.1, -0.05) is 55.5 Å². The van der Waals surface area contributed by atoms with Crippen molar-refractivity contribution < 1.29 is 24.2 Å². The number of carbonyl (C=O) groups excluding carboxylic acids is 2. The van der Waals surface area contributed by atoms with Crippen molar-refractivity contribution >= 4 is 18.0 Å². The van der Waals surface area contributed by atoms with Crippen molar-refractivity contribution in [2.45, 2.75) is 44.9 Å². The normalized spacial score (nSPS) is 15.1. The number of fused-ring (bicyclic) bond motifs is 3. The van der Waals surface area contributed by atoms with Crippen LogP contribution in [-0.4, -0.2) is 54.2 Å². The molecular formula is C28H34N2O5. The average molecular weight is 479 g/mol. The lowest BCUT2D eigenvalue weighted by atomic mass is 9.98. The Morgan fingerprint density at radius 3 is 2.26 bits per heavy atom. The summed E-state index contributed by atoms with van der Waals surface area (Å²) in [6.45, 7) is 3.10. The Bertz CT molecular complexity index is 1020. The first-order valence-corrected chi connectivity index (χ1v) is 12.5. The molecule has 7 heteroatoms. The smallest absolute Gasteiger partial charge is 0.407 e. The summed E-state index contributed by atoms with van der Waals surface area (Å²) in [5, 5.41) is 11.9. The Morgan fingerprint density at radius 1 is 1.03 bits per heavy atom. The van der Waals surface area contributed by atoms with E-state index in [1.54, 1.807) is 0 Å². The number of ether oxygens (including phenoxy) is 1. The number of aliphatic carboxylic acids is 1. The monoisotopic (exact) mass is 478 g/mol. The molecule has 4 rings (SSSR count). The van der Waals surface area contributed by atoms with Gasteiger partial charge in [0.25, 0.3) is 0 Å². The summed E-state index contributed by atoms with van der Waals surface area (Å²) < 4.78 is 5.56. The molecule has 1 fully saturated rings. The van der Waals surface area contributed by atoms with Crippen molar-refractivity contribution in [1.29, 1.82) is 0 Å². The molecule has 2 aromatic rings. The lowest BCUT2D eigenvalue weighted by Crippen LogP contribution is -2.37. The third-order valence-electron chi connectivity index (χ3n) is 6.96. The number of carboxylic acids is 1. The minimum atomic E-state index is -0.973. The SMILES string of the molecule is CC(CCNC(=O)OCC1c2ccccc2-c2ccccc21)CCC(=O)N(CC(=O)O)CC1CC1. The van der Waals surface area contributed by atoms with E-state index in [0.29, 0.717) is 31.8 Å². The van der Waals surface area contributed by atoms with E-state index in [1.165, 1.54) is 27.2 Å². The maximum atomic E-state index is 12.5. The van der Waals surface area contributed by atoms with E-state index in [4.69, 9.17) is 9.84 Å². The number of nitrogens with zero attached hydrogens (tertiary/aromatic N) is 1. The first-order valence-electron chi connectivity index (χ1n) is 12.5. The average Bonchev–Trinajstić information content (AvgIpc) is 3.61. The number of alkyl carbamates (subject to hydrolysis) is 1. The van der Waals surface area contributed by atoms with Gasteiger partial charge in [0.2, 0.25) is 5.91 Å². The van der Waals surface area contributed by atoms with Crippen molar-refractivity contribution in [1.82, 2.24) is 10.2 Å². The first-order chi connectivity index (χ1) is 16.9. The van der Waals surface area contributed by atoms with Crippen molar-refractivity contribution in [3.8, 4) is 11.1 Å². The van der Waals surface area contributed by atoms with E-state index in [0.717, 1.165) is 19.3 Å². The second-order valence-corrected chi connectivity index (χ2v) is 9.80. The maximum Gasteiger partial charge on any atom is 0.407 e. The van der Waals surface area contributed by atoms with Gasteiger partial charge in [0.15, 0.2) is 0 Å². The number of amides is 2. The van der Waals surface area contributed by atoms with E-state index >= 15 is 0 Å². The van der Waals surface area contributed by atoms with Crippen molar-refractivity contribution in [2.24, 2.45) is 11.8 Å². The summed E-state index contributed by atoms with van der Waals surface area (Å²) in [4.78, 5) is 37.4. The number of benzene rings is 2. The molecule has 2 N–H and O–H groups in total. The Kier molecular flexibility index (Phi) is 8.06. The lowest BCUT2D eigenvalue weighted by Gasteiger charge is -2.21. The molecule has 0 aliphatic heterocycles. The van der Waals surface area contributed by atoms with Crippen LogP contribution in [0.3, 0.4) is 0 Å². The predicted molar refractivity (Wildman–Crippen MR) is 133 cm³/mol. The summed E-state index contributed by atoms with van der Waals surface area (Å²) in [6.07, 6.45) is 3.41. The molecule has 2 amide bonds. The zero-order valence-electron chi connectivity index (χ0n) is 20.2. The third kappa shape index (κ3) is 6.62.